The lowest BCUT2D eigenvalue weighted by Gasteiger charge is -2.32. The van der Waals surface area contributed by atoms with Crippen LogP contribution in [0.15, 0.2) is 36.5 Å². The molecule has 1 aliphatic heterocycles. The molecule has 0 bridgehead atoms. The van der Waals surface area contributed by atoms with Crippen molar-refractivity contribution >= 4 is 28.1 Å². The van der Waals surface area contributed by atoms with Gasteiger partial charge in [-0.25, -0.2) is 13.8 Å². The predicted octanol–water partition coefficient (Wildman–Crippen LogP) is 5.46. The van der Waals surface area contributed by atoms with Crippen LogP contribution in [-0.2, 0) is 13.0 Å². The lowest BCUT2D eigenvalue weighted by atomic mass is 9.81. The Kier molecular flexibility index (Phi) is 6.39. The van der Waals surface area contributed by atoms with Gasteiger partial charge in [-0.15, -0.1) is 0 Å². The fraction of sp³-hybridized carbons (Fsp3) is 0.536. The molecule has 196 valence electrons. The van der Waals surface area contributed by atoms with E-state index in [0.29, 0.717) is 22.1 Å². The molecule has 3 aliphatic rings. The van der Waals surface area contributed by atoms with Gasteiger partial charge in [0.25, 0.3) is 17.0 Å². The standard InChI is InChI=1S/C28H32F2N4O2S/c1-27(29,30)17-36-26-33-23-16-34(13-9-24(23)37-26)15-18-14-28(18)10-7-19(8-11-28)32-25(35)21-4-2-6-22-20(21)5-3-12-31-22/h2-6,12,18-19H,7-11,13-17H2,1H3,(H,32,35). The molecule has 6 rings (SSSR count). The first-order valence-corrected chi connectivity index (χ1v) is 14.0. The molecule has 0 saturated heterocycles. The molecule has 1 atom stereocenters. The Bertz CT molecular complexity index is 1290. The summed E-state index contributed by atoms with van der Waals surface area (Å²) in [5.41, 5.74) is 2.93. The molecular weight excluding hydrogens is 494 g/mol. The molecule has 2 aromatic heterocycles. The second-order valence-corrected chi connectivity index (χ2v) is 12.1. The van der Waals surface area contributed by atoms with Crippen molar-refractivity contribution in [2.45, 2.75) is 64.0 Å². The Hall–Kier alpha value is -2.65. The third kappa shape index (κ3) is 5.34. The van der Waals surface area contributed by atoms with Crippen molar-refractivity contribution in [3.8, 4) is 5.19 Å². The van der Waals surface area contributed by atoms with Crippen LogP contribution in [0.5, 0.6) is 5.19 Å². The van der Waals surface area contributed by atoms with Crippen molar-refractivity contribution in [2.75, 3.05) is 19.7 Å². The van der Waals surface area contributed by atoms with Gasteiger partial charge in [-0.2, -0.15) is 0 Å². The van der Waals surface area contributed by atoms with Crippen LogP contribution in [-0.4, -0.2) is 52.4 Å². The van der Waals surface area contributed by atoms with Gasteiger partial charge in [0.2, 0.25) is 0 Å². The molecule has 0 radical (unpaired) electrons. The van der Waals surface area contributed by atoms with Crippen LogP contribution in [0.3, 0.4) is 0 Å². The summed E-state index contributed by atoms with van der Waals surface area (Å²) >= 11 is 1.41. The van der Waals surface area contributed by atoms with Gasteiger partial charge in [-0.05, 0) is 68.1 Å². The van der Waals surface area contributed by atoms with Gasteiger partial charge >= 0.3 is 0 Å². The van der Waals surface area contributed by atoms with E-state index in [1.54, 1.807) is 6.20 Å². The van der Waals surface area contributed by atoms with Gasteiger partial charge in [-0.1, -0.05) is 23.5 Å². The van der Waals surface area contributed by atoms with E-state index in [1.165, 1.54) is 17.8 Å². The fourth-order valence-electron chi connectivity index (χ4n) is 6.15. The number of fused-ring (bicyclic) bond motifs is 2. The maximum atomic E-state index is 13.1. The first kappa shape index (κ1) is 24.7. The van der Waals surface area contributed by atoms with Gasteiger partial charge in [0.1, 0.15) is 0 Å². The highest BCUT2D eigenvalue weighted by Gasteiger charge is 2.55. The summed E-state index contributed by atoms with van der Waals surface area (Å²) in [5.74, 6) is -2.18. The number of aromatic nitrogens is 2. The summed E-state index contributed by atoms with van der Waals surface area (Å²) in [6.45, 7) is 3.03. The molecule has 2 saturated carbocycles. The lowest BCUT2D eigenvalue weighted by Crippen LogP contribution is -2.39. The molecule has 1 unspecified atom stereocenters. The van der Waals surface area contributed by atoms with Crippen LogP contribution in [0.25, 0.3) is 10.9 Å². The number of hydrogen-bond donors (Lipinski definition) is 1. The molecule has 2 fully saturated rings. The summed E-state index contributed by atoms with van der Waals surface area (Å²) in [6, 6.07) is 9.74. The van der Waals surface area contributed by atoms with Crippen molar-refractivity contribution in [2.24, 2.45) is 11.3 Å². The van der Waals surface area contributed by atoms with Gasteiger partial charge in [0.05, 0.1) is 11.2 Å². The second kappa shape index (κ2) is 9.58. The number of nitrogens with one attached hydrogen (secondary N) is 1. The summed E-state index contributed by atoms with van der Waals surface area (Å²) in [5, 5.41) is 4.53. The van der Waals surface area contributed by atoms with Crippen LogP contribution < -0.4 is 10.1 Å². The number of amides is 1. The first-order valence-electron chi connectivity index (χ1n) is 13.1. The van der Waals surface area contributed by atoms with Crippen LogP contribution >= 0.6 is 11.3 Å². The first-order chi connectivity index (χ1) is 17.8. The smallest absolute Gasteiger partial charge is 0.278 e. The Labute approximate surface area is 219 Å². The molecule has 3 aromatic rings. The van der Waals surface area contributed by atoms with E-state index in [-0.39, 0.29) is 11.9 Å². The number of nitrogens with zero attached hydrogens (tertiary/aromatic N) is 3. The molecule has 1 N–H and O–H groups in total. The Morgan fingerprint density at radius 3 is 2.92 bits per heavy atom. The van der Waals surface area contributed by atoms with Crippen molar-refractivity contribution in [1.82, 2.24) is 20.2 Å². The third-order valence-electron chi connectivity index (χ3n) is 8.28. The molecular formula is C28H32F2N4O2S. The third-order valence-corrected chi connectivity index (χ3v) is 9.35. The Morgan fingerprint density at radius 1 is 1.27 bits per heavy atom. The van der Waals surface area contributed by atoms with Gasteiger partial charge < -0.3 is 10.1 Å². The molecule has 2 aliphatic carbocycles. The number of halogens is 2. The van der Waals surface area contributed by atoms with Crippen LogP contribution in [0, 0.1) is 11.3 Å². The van der Waals surface area contributed by atoms with Crippen molar-refractivity contribution in [3.63, 3.8) is 0 Å². The zero-order chi connectivity index (χ0) is 25.6. The Morgan fingerprint density at radius 2 is 2.11 bits per heavy atom. The Balaban J connectivity index is 0.991. The highest BCUT2D eigenvalue weighted by atomic mass is 32.1. The summed E-state index contributed by atoms with van der Waals surface area (Å²) in [7, 11) is 0. The molecule has 9 heteroatoms. The quantitative estimate of drug-likeness (QED) is 0.443. The number of carbonyl (C=O) groups is 1. The van der Waals surface area contributed by atoms with E-state index in [9.17, 15) is 13.6 Å². The number of rotatable bonds is 7. The fourth-order valence-corrected chi connectivity index (χ4v) is 7.06. The number of pyridine rings is 1. The SMILES string of the molecule is CC(F)(F)COc1nc2c(s1)CCN(CC1CC13CCC(NC(=O)c1cccc4ncccc14)CC3)C2. The molecule has 1 amide bonds. The topological polar surface area (TPSA) is 67.3 Å². The summed E-state index contributed by atoms with van der Waals surface area (Å²) in [4.78, 5) is 25.5. The summed E-state index contributed by atoms with van der Waals surface area (Å²) in [6.07, 6.45) is 8.24. The lowest BCUT2D eigenvalue weighted by molar-refractivity contribution is -0.0230. The number of alkyl halides is 2. The zero-order valence-corrected chi connectivity index (χ0v) is 21.8. The molecule has 1 spiro atoms. The average molecular weight is 527 g/mol. The maximum Gasteiger partial charge on any atom is 0.278 e. The highest BCUT2D eigenvalue weighted by molar-refractivity contribution is 7.13. The van der Waals surface area contributed by atoms with Crippen LogP contribution in [0.1, 0.15) is 60.0 Å². The normalized spacial score (nSPS) is 25.7. The minimum Gasteiger partial charge on any atom is -0.464 e. The van der Waals surface area contributed by atoms with E-state index < -0.39 is 12.5 Å². The number of hydrogen-bond acceptors (Lipinski definition) is 6. The van der Waals surface area contributed by atoms with Crippen LogP contribution in [0.2, 0.25) is 0 Å². The summed E-state index contributed by atoms with van der Waals surface area (Å²) < 4.78 is 31.5. The van der Waals surface area contributed by atoms with Crippen molar-refractivity contribution in [3.05, 3.63) is 52.7 Å². The monoisotopic (exact) mass is 526 g/mol. The second-order valence-electron chi connectivity index (χ2n) is 11.1. The zero-order valence-electron chi connectivity index (χ0n) is 21.0. The number of ether oxygens (including phenoxy) is 1. The van der Waals surface area contributed by atoms with Crippen molar-refractivity contribution in [1.29, 1.82) is 0 Å². The number of carbonyl (C=O) groups excluding carboxylic acids is 1. The van der Waals surface area contributed by atoms with Gasteiger partial charge in [0, 0.05) is 54.6 Å². The number of thiazole rings is 1. The highest BCUT2D eigenvalue weighted by Crippen LogP contribution is 2.61. The van der Waals surface area contributed by atoms with E-state index in [4.69, 9.17) is 4.74 Å². The molecule has 3 heterocycles. The van der Waals surface area contributed by atoms with Gasteiger partial charge in [-0.3, -0.25) is 14.7 Å². The van der Waals surface area contributed by atoms with Crippen molar-refractivity contribution < 1.29 is 18.3 Å². The van der Waals surface area contributed by atoms with Gasteiger partial charge in [0.15, 0.2) is 6.61 Å². The number of benzene rings is 1. The largest absolute Gasteiger partial charge is 0.464 e. The van der Waals surface area contributed by atoms with E-state index in [1.807, 2.05) is 30.3 Å². The van der Waals surface area contributed by atoms with Crippen LogP contribution in [0.4, 0.5) is 8.78 Å². The average Bonchev–Trinajstić information content (AvgIpc) is 3.35. The minimum atomic E-state index is -2.85. The maximum absolute atomic E-state index is 13.1. The minimum absolute atomic E-state index is 0.00899. The predicted molar refractivity (Wildman–Crippen MR) is 139 cm³/mol. The van der Waals surface area contributed by atoms with E-state index >= 15 is 0 Å². The molecule has 1 aromatic carbocycles. The van der Waals surface area contributed by atoms with E-state index in [0.717, 1.165) is 80.1 Å². The van der Waals surface area contributed by atoms with E-state index in [2.05, 4.69) is 20.2 Å². The molecule has 6 nitrogen and oxygen atoms in total. The molecule has 37 heavy (non-hydrogen) atoms.